The number of rotatable bonds is 2. The topological polar surface area (TPSA) is 59.0 Å². The van der Waals surface area contributed by atoms with Gasteiger partial charge >= 0.3 is 0 Å². The van der Waals surface area contributed by atoms with E-state index in [0.29, 0.717) is 11.5 Å². The molecule has 0 N–H and O–H groups in total. The van der Waals surface area contributed by atoms with Crippen LogP contribution in [0.1, 0.15) is 32.0 Å². The molecular weight excluding hydrogens is 240 g/mol. The maximum atomic E-state index is 8.80. The molecule has 19 heavy (non-hydrogen) atoms. The lowest BCUT2D eigenvalue weighted by Crippen LogP contribution is -2.11. The summed E-state index contributed by atoms with van der Waals surface area (Å²) < 4.78 is 10.5. The summed E-state index contributed by atoms with van der Waals surface area (Å²) in [6.45, 7) is 6.42. The Hall–Kier alpha value is -2.28. The SMILES string of the molecule is COc1ccc(C(C)(C)C)cc1-c1cc(C#N)no1. The number of methoxy groups -OCH3 is 1. The van der Waals surface area contributed by atoms with E-state index in [2.05, 4.69) is 25.9 Å². The van der Waals surface area contributed by atoms with E-state index in [4.69, 9.17) is 14.5 Å². The van der Waals surface area contributed by atoms with E-state index < -0.39 is 0 Å². The standard InChI is InChI=1S/C15H16N2O2/c1-15(2,3)10-5-6-13(18-4)12(7-10)14-8-11(9-16)17-19-14/h5-8H,1-4H3. The first kappa shape index (κ1) is 13.2. The predicted octanol–water partition coefficient (Wildman–Crippen LogP) is 3.52. The van der Waals surface area contributed by atoms with Crippen LogP contribution in [0.25, 0.3) is 11.3 Å². The number of nitriles is 1. The maximum absolute atomic E-state index is 8.80. The second-order valence-corrected chi connectivity index (χ2v) is 5.35. The van der Waals surface area contributed by atoms with Gasteiger partial charge in [-0.2, -0.15) is 5.26 Å². The van der Waals surface area contributed by atoms with Gasteiger partial charge in [-0.15, -0.1) is 0 Å². The Morgan fingerprint density at radius 2 is 2.00 bits per heavy atom. The average molecular weight is 256 g/mol. The molecule has 0 bridgehead atoms. The van der Waals surface area contributed by atoms with E-state index in [-0.39, 0.29) is 11.1 Å². The van der Waals surface area contributed by atoms with Gasteiger partial charge in [0.2, 0.25) is 0 Å². The molecule has 1 heterocycles. The molecule has 0 amide bonds. The molecule has 0 fully saturated rings. The summed E-state index contributed by atoms with van der Waals surface area (Å²) in [6.07, 6.45) is 0. The van der Waals surface area contributed by atoms with Gasteiger partial charge in [-0.3, -0.25) is 0 Å². The number of ether oxygens (including phenoxy) is 1. The van der Waals surface area contributed by atoms with Crippen molar-refractivity contribution < 1.29 is 9.26 Å². The van der Waals surface area contributed by atoms with Gasteiger partial charge < -0.3 is 9.26 Å². The highest BCUT2D eigenvalue weighted by molar-refractivity contribution is 5.67. The second-order valence-electron chi connectivity index (χ2n) is 5.35. The van der Waals surface area contributed by atoms with Gasteiger partial charge in [0.25, 0.3) is 0 Å². The van der Waals surface area contributed by atoms with Crippen LogP contribution in [0.3, 0.4) is 0 Å². The van der Waals surface area contributed by atoms with Gasteiger partial charge in [0.1, 0.15) is 11.8 Å². The minimum absolute atomic E-state index is 0.0269. The van der Waals surface area contributed by atoms with Crippen molar-refractivity contribution >= 4 is 0 Å². The lowest BCUT2D eigenvalue weighted by Gasteiger charge is -2.20. The predicted molar refractivity (Wildman–Crippen MR) is 71.9 cm³/mol. The Kier molecular flexibility index (Phi) is 3.30. The fourth-order valence-electron chi connectivity index (χ4n) is 1.82. The Morgan fingerprint density at radius 3 is 2.53 bits per heavy atom. The van der Waals surface area contributed by atoms with Crippen LogP contribution in [-0.2, 0) is 5.41 Å². The van der Waals surface area contributed by atoms with Gasteiger partial charge in [-0.05, 0) is 23.1 Å². The molecule has 1 aromatic carbocycles. The normalized spacial score (nSPS) is 11.1. The maximum Gasteiger partial charge on any atom is 0.184 e. The molecule has 1 aromatic heterocycles. The summed E-state index contributed by atoms with van der Waals surface area (Å²) in [5.74, 6) is 1.24. The molecular formula is C15H16N2O2. The summed E-state index contributed by atoms with van der Waals surface area (Å²) in [6, 6.07) is 9.52. The molecule has 0 aliphatic carbocycles. The van der Waals surface area contributed by atoms with Crippen molar-refractivity contribution in [2.45, 2.75) is 26.2 Å². The van der Waals surface area contributed by atoms with E-state index >= 15 is 0 Å². The molecule has 4 nitrogen and oxygen atoms in total. The zero-order chi connectivity index (χ0) is 14.0. The quantitative estimate of drug-likeness (QED) is 0.824. The molecule has 2 rings (SSSR count). The van der Waals surface area contributed by atoms with Crippen molar-refractivity contribution in [3.63, 3.8) is 0 Å². The number of aromatic nitrogens is 1. The van der Waals surface area contributed by atoms with Crippen LogP contribution in [0, 0.1) is 11.3 Å². The third-order valence-corrected chi connectivity index (χ3v) is 2.96. The fourth-order valence-corrected chi connectivity index (χ4v) is 1.82. The highest BCUT2D eigenvalue weighted by atomic mass is 16.5. The summed E-state index contributed by atoms with van der Waals surface area (Å²) in [4.78, 5) is 0. The first-order chi connectivity index (χ1) is 8.95. The van der Waals surface area contributed by atoms with Crippen LogP contribution in [0.15, 0.2) is 28.8 Å². The number of hydrogen-bond donors (Lipinski definition) is 0. The molecule has 98 valence electrons. The smallest absolute Gasteiger partial charge is 0.184 e. The fraction of sp³-hybridized carbons (Fsp3) is 0.333. The van der Waals surface area contributed by atoms with Crippen molar-refractivity contribution in [1.82, 2.24) is 5.16 Å². The lowest BCUT2D eigenvalue weighted by molar-refractivity contribution is 0.405. The largest absolute Gasteiger partial charge is 0.496 e. The summed E-state index contributed by atoms with van der Waals surface area (Å²) in [5, 5.41) is 12.5. The van der Waals surface area contributed by atoms with Crippen molar-refractivity contribution in [3.8, 4) is 23.1 Å². The summed E-state index contributed by atoms with van der Waals surface area (Å²) in [7, 11) is 1.61. The third-order valence-electron chi connectivity index (χ3n) is 2.96. The van der Waals surface area contributed by atoms with Crippen molar-refractivity contribution in [3.05, 3.63) is 35.5 Å². The molecule has 0 saturated carbocycles. The first-order valence-electron chi connectivity index (χ1n) is 6.01. The van der Waals surface area contributed by atoms with Crippen molar-refractivity contribution in [2.24, 2.45) is 0 Å². The Balaban J connectivity index is 2.57. The summed E-state index contributed by atoms with van der Waals surface area (Å²) in [5.41, 5.74) is 2.26. The number of benzene rings is 1. The van der Waals surface area contributed by atoms with Gasteiger partial charge in [0, 0.05) is 6.07 Å². The monoisotopic (exact) mass is 256 g/mol. The zero-order valence-corrected chi connectivity index (χ0v) is 11.5. The highest BCUT2D eigenvalue weighted by Crippen LogP contribution is 2.34. The lowest BCUT2D eigenvalue weighted by atomic mass is 9.86. The number of nitrogens with zero attached hydrogens (tertiary/aromatic N) is 2. The second kappa shape index (κ2) is 4.77. The molecule has 0 aliphatic heterocycles. The van der Waals surface area contributed by atoms with Crippen molar-refractivity contribution in [1.29, 1.82) is 5.26 Å². The van der Waals surface area contributed by atoms with Crippen LogP contribution in [0.4, 0.5) is 0 Å². The van der Waals surface area contributed by atoms with Gasteiger partial charge in [-0.25, -0.2) is 0 Å². The molecule has 4 heteroatoms. The van der Waals surface area contributed by atoms with Crippen molar-refractivity contribution in [2.75, 3.05) is 7.11 Å². The molecule has 0 radical (unpaired) electrons. The summed E-state index contributed by atoms with van der Waals surface area (Å²) >= 11 is 0. The Morgan fingerprint density at radius 1 is 1.26 bits per heavy atom. The van der Waals surface area contributed by atoms with Crippen LogP contribution in [-0.4, -0.2) is 12.3 Å². The van der Waals surface area contributed by atoms with E-state index in [1.165, 1.54) is 5.56 Å². The van der Waals surface area contributed by atoms with Crippen LogP contribution >= 0.6 is 0 Å². The van der Waals surface area contributed by atoms with Crippen LogP contribution in [0.2, 0.25) is 0 Å². The van der Waals surface area contributed by atoms with E-state index in [1.807, 2.05) is 24.3 Å². The molecule has 2 aromatic rings. The van der Waals surface area contributed by atoms with Crippen LogP contribution in [0.5, 0.6) is 5.75 Å². The minimum atomic E-state index is 0.0269. The van der Waals surface area contributed by atoms with E-state index in [1.54, 1.807) is 13.2 Å². The molecule has 0 aliphatic rings. The molecule has 0 saturated heterocycles. The highest BCUT2D eigenvalue weighted by Gasteiger charge is 2.18. The van der Waals surface area contributed by atoms with Gasteiger partial charge in [0.05, 0.1) is 12.7 Å². The van der Waals surface area contributed by atoms with Gasteiger partial charge in [-0.1, -0.05) is 32.0 Å². The number of hydrogen-bond acceptors (Lipinski definition) is 4. The zero-order valence-electron chi connectivity index (χ0n) is 11.5. The van der Waals surface area contributed by atoms with E-state index in [9.17, 15) is 0 Å². The van der Waals surface area contributed by atoms with E-state index in [0.717, 1.165) is 5.56 Å². The molecule has 0 atom stereocenters. The first-order valence-corrected chi connectivity index (χ1v) is 6.01. The van der Waals surface area contributed by atoms with Gasteiger partial charge in [0.15, 0.2) is 11.5 Å². The minimum Gasteiger partial charge on any atom is -0.496 e. The Bertz CT molecular complexity index is 630. The average Bonchev–Trinajstić information content (AvgIpc) is 2.85. The third kappa shape index (κ3) is 2.60. The molecule has 0 spiro atoms. The Labute approximate surface area is 112 Å². The molecule has 0 unspecified atom stereocenters. The van der Waals surface area contributed by atoms with Crippen LogP contribution < -0.4 is 4.74 Å².